The molecule has 3 heterocycles. The van der Waals surface area contributed by atoms with Gasteiger partial charge in [-0.3, -0.25) is 10.00 Å². The normalized spacial score (nSPS) is 25.2. The van der Waals surface area contributed by atoms with Crippen LogP contribution in [0.4, 0.5) is 0 Å². The van der Waals surface area contributed by atoms with Crippen molar-refractivity contribution in [3.8, 4) is 11.3 Å². The first-order valence-corrected chi connectivity index (χ1v) is 10.1. The summed E-state index contributed by atoms with van der Waals surface area (Å²) in [7, 11) is -3.08. The molecule has 2 atom stereocenters. The number of aromatic nitrogens is 2. The van der Waals surface area contributed by atoms with Gasteiger partial charge >= 0.3 is 0 Å². The van der Waals surface area contributed by atoms with Crippen LogP contribution < -0.4 is 0 Å². The van der Waals surface area contributed by atoms with Gasteiger partial charge < -0.3 is 0 Å². The van der Waals surface area contributed by atoms with Crippen molar-refractivity contribution >= 4 is 10.0 Å². The van der Waals surface area contributed by atoms with Gasteiger partial charge in [-0.05, 0) is 24.4 Å². The van der Waals surface area contributed by atoms with Crippen LogP contribution in [0.3, 0.4) is 0 Å². The fourth-order valence-corrected chi connectivity index (χ4v) is 5.06. The molecule has 0 aliphatic carbocycles. The third kappa shape index (κ3) is 2.87. The second-order valence-corrected chi connectivity index (χ2v) is 8.76. The number of likely N-dealkylation sites (tertiary alicyclic amines) is 1. The average Bonchev–Trinajstić information content (AvgIpc) is 2.98. The molecule has 0 amide bonds. The van der Waals surface area contributed by atoms with E-state index in [4.69, 9.17) is 0 Å². The van der Waals surface area contributed by atoms with E-state index in [9.17, 15) is 8.42 Å². The van der Waals surface area contributed by atoms with E-state index in [0.29, 0.717) is 12.5 Å². The van der Waals surface area contributed by atoms with E-state index in [1.54, 1.807) is 4.31 Å². The van der Waals surface area contributed by atoms with Gasteiger partial charge in [-0.1, -0.05) is 30.3 Å². The summed E-state index contributed by atoms with van der Waals surface area (Å²) in [6.07, 6.45) is 4.25. The van der Waals surface area contributed by atoms with E-state index in [-0.39, 0.29) is 6.04 Å². The maximum Gasteiger partial charge on any atom is 0.211 e. The highest BCUT2D eigenvalue weighted by atomic mass is 32.2. The molecule has 2 saturated heterocycles. The van der Waals surface area contributed by atoms with Crippen LogP contribution in [0.5, 0.6) is 0 Å². The van der Waals surface area contributed by atoms with Gasteiger partial charge in [-0.15, -0.1) is 0 Å². The fourth-order valence-electron chi connectivity index (χ4n) is 3.86. The number of fused-ring (bicyclic) bond motifs is 1. The fraction of sp³-hybridized carbons (Fsp3) is 0.471. The Bertz CT molecular complexity index is 818. The van der Waals surface area contributed by atoms with Crippen molar-refractivity contribution in [2.45, 2.75) is 19.0 Å². The molecular formula is C17H22N4O2S. The second-order valence-electron chi connectivity index (χ2n) is 6.82. The Morgan fingerprint density at radius 2 is 2.04 bits per heavy atom. The second kappa shape index (κ2) is 5.98. The van der Waals surface area contributed by atoms with Gasteiger partial charge in [0.25, 0.3) is 0 Å². The molecule has 2 aliphatic heterocycles. The van der Waals surface area contributed by atoms with Gasteiger partial charge in [0.2, 0.25) is 10.0 Å². The monoisotopic (exact) mass is 346 g/mol. The quantitative estimate of drug-likeness (QED) is 0.912. The molecule has 7 heteroatoms. The minimum atomic E-state index is -3.08. The molecule has 1 aromatic carbocycles. The van der Waals surface area contributed by atoms with Crippen LogP contribution in [0.1, 0.15) is 12.0 Å². The molecule has 0 radical (unpaired) electrons. The zero-order valence-corrected chi connectivity index (χ0v) is 14.5. The summed E-state index contributed by atoms with van der Waals surface area (Å²) < 4.78 is 25.3. The van der Waals surface area contributed by atoms with Gasteiger partial charge in [-0.2, -0.15) is 9.40 Å². The van der Waals surface area contributed by atoms with Crippen molar-refractivity contribution < 1.29 is 8.42 Å². The first-order valence-electron chi connectivity index (χ1n) is 8.29. The standard InChI is InChI=1S/C17H22N4O2S/c1-24(22,23)21-11-14-7-8-20(12-16(14)21)10-15-9-18-19-17(15)13-5-3-2-4-6-13/h2-6,9,14,16H,7-8,10-12H2,1H3,(H,18,19)/t14-,16-/m1/s1. The van der Waals surface area contributed by atoms with Crippen LogP contribution in [-0.4, -0.2) is 59.8 Å². The molecule has 2 aliphatic rings. The highest BCUT2D eigenvalue weighted by molar-refractivity contribution is 7.88. The highest BCUT2D eigenvalue weighted by Crippen LogP contribution is 2.35. The summed E-state index contributed by atoms with van der Waals surface area (Å²) in [5.41, 5.74) is 3.33. The summed E-state index contributed by atoms with van der Waals surface area (Å²) in [4.78, 5) is 2.34. The minimum absolute atomic E-state index is 0.140. The molecule has 2 aromatic rings. The van der Waals surface area contributed by atoms with Gasteiger partial charge in [0.05, 0.1) is 18.1 Å². The molecule has 0 spiro atoms. The lowest BCUT2D eigenvalue weighted by Crippen LogP contribution is -2.65. The Morgan fingerprint density at radius 1 is 1.25 bits per heavy atom. The van der Waals surface area contributed by atoms with Crippen molar-refractivity contribution in [3.05, 3.63) is 42.1 Å². The molecule has 6 nitrogen and oxygen atoms in total. The Balaban J connectivity index is 1.48. The lowest BCUT2D eigenvalue weighted by Gasteiger charge is -2.52. The summed E-state index contributed by atoms with van der Waals surface area (Å²) in [6.45, 7) is 3.30. The Morgan fingerprint density at radius 3 is 2.79 bits per heavy atom. The number of rotatable bonds is 4. The zero-order valence-electron chi connectivity index (χ0n) is 13.7. The Hall–Kier alpha value is -1.70. The Kier molecular flexibility index (Phi) is 3.94. The lowest BCUT2D eigenvalue weighted by atomic mass is 9.84. The predicted octanol–water partition coefficient (Wildman–Crippen LogP) is 1.54. The molecule has 128 valence electrons. The molecular weight excluding hydrogens is 324 g/mol. The molecule has 0 unspecified atom stereocenters. The average molecular weight is 346 g/mol. The number of sulfonamides is 1. The number of hydrogen-bond acceptors (Lipinski definition) is 4. The van der Waals surface area contributed by atoms with E-state index in [1.807, 2.05) is 24.4 Å². The van der Waals surface area contributed by atoms with Gasteiger partial charge in [0.15, 0.2) is 0 Å². The van der Waals surface area contributed by atoms with Crippen LogP contribution >= 0.6 is 0 Å². The first-order chi connectivity index (χ1) is 11.5. The van der Waals surface area contributed by atoms with Crippen molar-refractivity contribution in [1.29, 1.82) is 0 Å². The largest absolute Gasteiger partial charge is 0.297 e. The maximum atomic E-state index is 11.8. The summed E-state index contributed by atoms with van der Waals surface area (Å²) in [6, 6.07) is 10.3. The number of nitrogens with zero attached hydrogens (tertiary/aromatic N) is 3. The van der Waals surface area contributed by atoms with Gasteiger partial charge in [0, 0.05) is 31.2 Å². The van der Waals surface area contributed by atoms with E-state index in [2.05, 4.69) is 27.2 Å². The SMILES string of the molecule is CS(=O)(=O)N1C[C@H]2CCN(Cc3cn[nH]c3-c3ccccc3)C[C@H]21. The lowest BCUT2D eigenvalue weighted by molar-refractivity contribution is 0.0111. The van der Waals surface area contributed by atoms with E-state index >= 15 is 0 Å². The van der Waals surface area contributed by atoms with Gasteiger partial charge in [-0.25, -0.2) is 8.42 Å². The molecule has 0 saturated carbocycles. The molecule has 1 N–H and O–H groups in total. The van der Waals surface area contributed by atoms with Crippen LogP contribution in [0.15, 0.2) is 36.5 Å². The first kappa shape index (κ1) is 15.8. The number of piperidine rings is 1. The number of aromatic amines is 1. The summed E-state index contributed by atoms with van der Waals surface area (Å²) in [5, 5.41) is 7.30. The van der Waals surface area contributed by atoms with Crippen LogP contribution in [0.25, 0.3) is 11.3 Å². The van der Waals surface area contributed by atoms with Crippen molar-refractivity contribution in [3.63, 3.8) is 0 Å². The highest BCUT2D eigenvalue weighted by Gasteiger charge is 2.46. The van der Waals surface area contributed by atoms with E-state index in [1.165, 1.54) is 6.26 Å². The van der Waals surface area contributed by atoms with Crippen LogP contribution in [0, 0.1) is 5.92 Å². The number of hydrogen-bond donors (Lipinski definition) is 1. The maximum absolute atomic E-state index is 11.8. The third-order valence-electron chi connectivity index (χ3n) is 5.19. The molecule has 1 aromatic heterocycles. The van der Waals surface area contributed by atoms with Crippen molar-refractivity contribution in [2.24, 2.45) is 5.92 Å². The molecule has 4 rings (SSSR count). The van der Waals surface area contributed by atoms with E-state index < -0.39 is 10.0 Å². The molecule has 24 heavy (non-hydrogen) atoms. The van der Waals surface area contributed by atoms with E-state index in [0.717, 1.165) is 42.9 Å². The topological polar surface area (TPSA) is 69.3 Å². The smallest absolute Gasteiger partial charge is 0.211 e. The Labute approximate surface area is 142 Å². The van der Waals surface area contributed by atoms with Crippen molar-refractivity contribution in [2.75, 3.05) is 25.9 Å². The third-order valence-corrected chi connectivity index (χ3v) is 6.46. The summed E-state index contributed by atoms with van der Waals surface area (Å²) in [5.74, 6) is 0.522. The minimum Gasteiger partial charge on any atom is -0.297 e. The number of benzene rings is 1. The molecule has 2 fully saturated rings. The number of nitrogens with one attached hydrogen (secondary N) is 1. The van der Waals surface area contributed by atoms with Crippen LogP contribution in [-0.2, 0) is 16.6 Å². The molecule has 0 bridgehead atoms. The zero-order chi connectivity index (χ0) is 16.7. The van der Waals surface area contributed by atoms with Gasteiger partial charge in [0.1, 0.15) is 0 Å². The predicted molar refractivity (Wildman–Crippen MR) is 92.7 cm³/mol. The van der Waals surface area contributed by atoms with Crippen LogP contribution in [0.2, 0.25) is 0 Å². The van der Waals surface area contributed by atoms with Crippen molar-refractivity contribution in [1.82, 2.24) is 19.4 Å². The summed E-state index contributed by atoms with van der Waals surface area (Å²) >= 11 is 0. The number of H-pyrrole nitrogens is 1.